The van der Waals surface area contributed by atoms with Gasteiger partial charge in [0.05, 0.1) is 26.4 Å². The maximum absolute atomic E-state index is 5.70. The van der Waals surface area contributed by atoms with E-state index in [1.165, 1.54) is 12.8 Å². The van der Waals surface area contributed by atoms with Crippen molar-refractivity contribution >= 4 is 11.8 Å². The molecule has 2 saturated heterocycles. The predicted octanol–water partition coefficient (Wildman–Crippen LogP) is 2.13. The molecule has 156 valence electrons. The van der Waals surface area contributed by atoms with Crippen LogP contribution in [-0.4, -0.2) is 75.5 Å². The summed E-state index contributed by atoms with van der Waals surface area (Å²) in [5, 5.41) is 3.43. The fourth-order valence-corrected chi connectivity index (χ4v) is 3.79. The number of aromatic nitrogens is 1. The molecule has 1 aromatic rings. The van der Waals surface area contributed by atoms with Crippen molar-refractivity contribution in [1.82, 2.24) is 15.2 Å². The predicted molar refractivity (Wildman–Crippen MR) is 113 cm³/mol. The maximum atomic E-state index is 5.70. The molecule has 28 heavy (non-hydrogen) atoms. The van der Waals surface area contributed by atoms with Crippen LogP contribution in [-0.2, 0) is 16.0 Å². The number of pyridine rings is 1. The summed E-state index contributed by atoms with van der Waals surface area (Å²) in [7, 11) is 1.70. The Bertz CT molecular complexity index is 601. The standard InChI is InChI=1S/C21H35N5O2/c1-3-22-21(26-11-8-19(16-26)17-28-13-12-27-2)24-15-18-6-7-20(23-14-18)25-9-4-5-10-25/h6-7,14,19H,3-5,8-13,15-17H2,1-2H3,(H,22,24). The molecule has 2 fully saturated rings. The zero-order valence-corrected chi connectivity index (χ0v) is 17.4. The van der Waals surface area contributed by atoms with Crippen LogP contribution >= 0.6 is 0 Å². The second-order valence-electron chi connectivity index (χ2n) is 7.56. The average Bonchev–Trinajstić information content (AvgIpc) is 3.41. The third-order valence-corrected chi connectivity index (χ3v) is 5.36. The van der Waals surface area contributed by atoms with Crippen LogP contribution in [0.2, 0.25) is 0 Å². The van der Waals surface area contributed by atoms with Crippen molar-refractivity contribution in [2.75, 3.05) is 64.6 Å². The highest BCUT2D eigenvalue weighted by molar-refractivity contribution is 5.80. The van der Waals surface area contributed by atoms with Crippen molar-refractivity contribution in [2.45, 2.75) is 32.7 Å². The number of anilines is 1. The van der Waals surface area contributed by atoms with Crippen molar-refractivity contribution in [3.8, 4) is 0 Å². The Labute approximate surface area is 169 Å². The van der Waals surface area contributed by atoms with E-state index in [1.54, 1.807) is 7.11 Å². The zero-order valence-electron chi connectivity index (χ0n) is 17.4. The molecule has 0 aromatic carbocycles. The van der Waals surface area contributed by atoms with Crippen molar-refractivity contribution in [3.63, 3.8) is 0 Å². The van der Waals surface area contributed by atoms with Crippen molar-refractivity contribution in [3.05, 3.63) is 23.9 Å². The van der Waals surface area contributed by atoms with Gasteiger partial charge in [-0.3, -0.25) is 0 Å². The number of hydrogen-bond acceptors (Lipinski definition) is 5. The van der Waals surface area contributed by atoms with Crippen LogP contribution in [0, 0.1) is 5.92 Å². The first-order chi connectivity index (χ1) is 13.8. The highest BCUT2D eigenvalue weighted by Gasteiger charge is 2.25. The first-order valence-corrected chi connectivity index (χ1v) is 10.6. The van der Waals surface area contributed by atoms with E-state index in [1.807, 2.05) is 6.20 Å². The topological polar surface area (TPSA) is 62.2 Å². The van der Waals surface area contributed by atoms with Gasteiger partial charge in [0.25, 0.3) is 0 Å². The largest absolute Gasteiger partial charge is 0.382 e. The number of nitrogens with one attached hydrogen (secondary N) is 1. The maximum Gasteiger partial charge on any atom is 0.194 e. The lowest BCUT2D eigenvalue weighted by Crippen LogP contribution is -2.40. The van der Waals surface area contributed by atoms with E-state index in [0.717, 1.165) is 63.1 Å². The number of nitrogens with zero attached hydrogens (tertiary/aromatic N) is 4. The molecule has 3 heterocycles. The van der Waals surface area contributed by atoms with Gasteiger partial charge in [0.2, 0.25) is 0 Å². The summed E-state index contributed by atoms with van der Waals surface area (Å²) in [6.07, 6.45) is 5.66. The number of guanidine groups is 1. The Morgan fingerprint density at radius 3 is 2.82 bits per heavy atom. The average molecular weight is 390 g/mol. The number of methoxy groups -OCH3 is 1. The minimum absolute atomic E-state index is 0.558. The summed E-state index contributed by atoms with van der Waals surface area (Å²) in [5.74, 6) is 2.64. The van der Waals surface area contributed by atoms with E-state index >= 15 is 0 Å². The van der Waals surface area contributed by atoms with Gasteiger partial charge < -0.3 is 24.6 Å². The second-order valence-corrected chi connectivity index (χ2v) is 7.56. The quantitative estimate of drug-likeness (QED) is 0.397. The van der Waals surface area contributed by atoms with Gasteiger partial charge in [0.1, 0.15) is 5.82 Å². The van der Waals surface area contributed by atoms with Gasteiger partial charge >= 0.3 is 0 Å². The second kappa shape index (κ2) is 11.2. The molecule has 0 amide bonds. The van der Waals surface area contributed by atoms with Crippen LogP contribution in [0.1, 0.15) is 31.7 Å². The van der Waals surface area contributed by atoms with E-state index in [2.05, 4.69) is 39.2 Å². The highest BCUT2D eigenvalue weighted by atomic mass is 16.5. The number of rotatable bonds is 9. The normalized spacial score (nSPS) is 20.2. The van der Waals surface area contributed by atoms with Crippen LogP contribution < -0.4 is 10.2 Å². The lowest BCUT2D eigenvalue weighted by Gasteiger charge is -2.22. The summed E-state index contributed by atoms with van der Waals surface area (Å²) in [6, 6.07) is 4.29. The van der Waals surface area contributed by atoms with E-state index in [0.29, 0.717) is 25.7 Å². The first-order valence-electron chi connectivity index (χ1n) is 10.6. The van der Waals surface area contributed by atoms with Crippen molar-refractivity contribution in [2.24, 2.45) is 10.9 Å². The summed E-state index contributed by atoms with van der Waals surface area (Å²) >= 11 is 0. The summed E-state index contributed by atoms with van der Waals surface area (Å²) in [4.78, 5) is 14.2. The summed E-state index contributed by atoms with van der Waals surface area (Å²) in [5.41, 5.74) is 1.15. The minimum atomic E-state index is 0.558. The minimum Gasteiger partial charge on any atom is -0.382 e. The molecule has 0 radical (unpaired) electrons. The monoisotopic (exact) mass is 389 g/mol. The molecule has 0 saturated carbocycles. The molecule has 1 N–H and O–H groups in total. The molecule has 0 aliphatic carbocycles. The van der Waals surface area contributed by atoms with Gasteiger partial charge in [-0.05, 0) is 37.8 Å². The van der Waals surface area contributed by atoms with E-state index < -0.39 is 0 Å². The van der Waals surface area contributed by atoms with Gasteiger partial charge in [0.15, 0.2) is 5.96 Å². The fourth-order valence-electron chi connectivity index (χ4n) is 3.79. The fraction of sp³-hybridized carbons (Fsp3) is 0.714. The molecular weight excluding hydrogens is 354 g/mol. The molecule has 1 unspecified atom stereocenters. The Kier molecular flexibility index (Phi) is 8.36. The van der Waals surface area contributed by atoms with Crippen LogP contribution in [0.3, 0.4) is 0 Å². The van der Waals surface area contributed by atoms with Gasteiger partial charge in [0, 0.05) is 51.9 Å². The van der Waals surface area contributed by atoms with E-state index in [-0.39, 0.29) is 0 Å². The molecule has 7 nitrogen and oxygen atoms in total. The van der Waals surface area contributed by atoms with Crippen LogP contribution in [0.5, 0.6) is 0 Å². The lowest BCUT2D eigenvalue weighted by molar-refractivity contribution is 0.0536. The summed E-state index contributed by atoms with van der Waals surface area (Å²) < 4.78 is 10.7. The molecular formula is C21H35N5O2. The molecule has 2 aliphatic rings. The molecule has 2 aliphatic heterocycles. The van der Waals surface area contributed by atoms with Gasteiger partial charge in [-0.2, -0.15) is 0 Å². The molecule has 0 bridgehead atoms. The Hall–Kier alpha value is -1.86. The third kappa shape index (κ3) is 6.07. The Morgan fingerprint density at radius 1 is 1.25 bits per heavy atom. The third-order valence-electron chi connectivity index (χ3n) is 5.36. The van der Waals surface area contributed by atoms with Crippen LogP contribution in [0.4, 0.5) is 5.82 Å². The van der Waals surface area contributed by atoms with Crippen LogP contribution in [0.15, 0.2) is 23.3 Å². The molecule has 0 spiro atoms. The van der Waals surface area contributed by atoms with E-state index in [9.17, 15) is 0 Å². The van der Waals surface area contributed by atoms with Gasteiger partial charge in [-0.1, -0.05) is 6.07 Å². The first kappa shape index (κ1) is 20.9. The number of hydrogen-bond donors (Lipinski definition) is 1. The molecule has 7 heteroatoms. The number of likely N-dealkylation sites (tertiary alicyclic amines) is 1. The highest BCUT2D eigenvalue weighted by Crippen LogP contribution is 2.19. The van der Waals surface area contributed by atoms with Gasteiger partial charge in [-0.15, -0.1) is 0 Å². The smallest absolute Gasteiger partial charge is 0.194 e. The molecule has 3 rings (SSSR count). The SMILES string of the molecule is CCNC(=NCc1ccc(N2CCCC2)nc1)N1CCC(COCCOC)C1. The Morgan fingerprint density at radius 2 is 2.11 bits per heavy atom. The van der Waals surface area contributed by atoms with Gasteiger partial charge in [-0.25, -0.2) is 9.98 Å². The van der Waals surface area contributed by atoms with E-state index in [4.69, 9.17) is 14.5 Å². The van der Waals surface area contributed by atoms with Crippen LogP contribution in [0.25, 0.3) is 0 Å². The van der Waals surface area contributed by atoms with Crippen molar-refractivity contribution in [1.29, 1.82) is 0 Å². The molecule has 1 aromatic heterocycles. The zero-order chi connectivity index (χ0) is 19.6. The molecule has 1 atom stereocenters. The Balaban J connectivity index is 1.51. The lowest BCUT2D eigenvalue weighted by atomic mass is 10.1. The summed E-state index contributed by atoms with van der Waals surface area (Å²) in [6.45, 7) is 10.0. The van der Waals surface area contributed by atoms with Crippen molar-refractivity contribution < 1.29 is 9.47 Å². The number of ether oxygens (including phenoxy) is 2. The number of aliphatic imine (C=N–C) groups is 1.